The minimum atomic E-state index is 0. The maximum absolute atomic E-state index is 6.15. The van der Waals surface area contributed by atoms with Gasteiger partial charge in [-0.15, -0.1) is 54.6 Å². The molecule has 15 rings (SSSR count). The zero-order chi connectivity index (χ0) is 49.9. The van der Waals surface area contributed by atoms with E-state index >= 15 is 0 Å². The Balaban J connectivity index is 0.000000114. The predicted octanol–water partition coefficient (Wildman–Crippen LogP) is 19.5. The van der Waals surface area contributed by atoms with Crippen LogP contribution < -0.4 is 0 Å². The van der Waals surface area contributed by atoms with Gasteiger partial charge in [-0.1, -0.05) is 180 Å². The molecule has 6 heterocycles. The van der Waals surface area contributed by atoms with Gasteiger partial charge in [0.25, 0.3) is 0 Å². The molecule has 7 heteroatoms. The Hall–Kier alpha value is -7.18. The quantitative estimate of drug-likeness (QED) is 0.154. The molecule has 6 aromatic heterocycles. The number of rotatable bonds is 6. The number of fused-ring (bicyclic) bond motifs is 9. The van der Waals surface area contributed by atoms with Gasteiger partial charge >= 0.3 is 20.1 Å². The third kappa shape index (κ3) is 10.0. The molecule has 3 fully saturated rings. The van der Waals surface area contributed by atoms with Crippen LogP contribution >= 0.6 is 0 Å². The van der Waals surface area contributed by atoms with Crippen LogP contribution in [0.25, 0.3) is 99.6 Å². The van der Waals surface area contributed by atoms with Crippen molar-refractivity contribution in [1.29, 1.82) is 0 Å². The largest absolute Gasteiger partial charge is 3.00 e. The molecule has 0 bridgehead atoms. The first-order valence-corrected chi connectivity index (χ1v) is 27.5. The number of para-hydroxylation sites is 3. The molecule has 0 amide bonds. The van der Waals surface area contributed by atoms with Crippen molar-refractivity contribution in [2.24, 2.45) is 0 Å². The second kappa shape index (κ2) is 22.6. The maximum Gasteiger partial charge on any atom is 3.00 e. The predicted molar refractivity (Wildman–Crippen MR) is 305 cm³/mol. The summed E-state index contributed by atoms with van der Waals surface area (Å²) in [6.45, 7) is 0. The Morgan fingerprint density at radius 3 is 0.921 bits per heavy atom. The van der Waals surface area contributed by atoms with Crippen LogP contribution in [0.3, 0.4) is 0 Å². The van der Waals surface area contributed by atoms with E-state index in [1.807, 2.05) is 73.2 Å². The molecule has 0 atom stereocenters. The van der Waals surface area contributed by atoms with Crippen molar-refractivity contribution in [3.8, 4) is 33.8 Å². The van der Waals surface area contributed by atoms with Crippen molar-refractivity contribution in [2.75, 3.05) is 0 Å². The van der Waals surface area contributed by atoms with Crippen molar-refractivity contribution in [3.05, 3.63) is 199 Å². The summed E-state index contributed by atoms with van der Waals surface area (Å²) in [7, 11) is 0. The average molecular weight is 1170 g/mol. The number of pyridine rings is 3. The van der Waals surface area contributed by atoms with E-state index in [0.717, 1.165) is 99.6 Å². The average Bonchev–Trinajstić information content (AvgIpc) is 4.22. The molecule has 0 radical (unpaired) electrons. The molecule has 6 nitrogen and oxygen atoms in total. The summed E-state index contributed by atoms with van der Waals surface area (Å²) in [5.41, 5.74) is 15.4. The number of furan rings is 3. The second-order valence-corrected chi connectivity index (χ2v) is 21.0. The van der Waals surface area contributed by atoms with Crippen LogP contribution in [0.1, 0.15) is 131 Å². The fourth-order valence-electron chi connectivity index (χ4n) is 12.5. The minimum Gasteiger partial charge on any atom is -0.501 e. The van der Waals surface area contributed by atoms with Crippen LogP contribution in [0.2, 0.25) is 0 Å². The molecule has 378 valence electrons. The topological polar surface area (TPSA) is 78.1 Å². The first kappa shape index (κ1) is 49.7. The first-order chi connectivity index (χ1) is 37.2. The van der Waals surface area contributed by atoms with Crippen LogP contribution in [0.5, 0.6) is 0 Å². The van der Waals surface area contributed by atoms with Gasteiger partial charge in [0, 0.05) is 34.7 Å². The molecule has 3 aliphatic rings. The van der Waals surface area contributed by atoms with Crippen LogP contribution in [0, 0.1) is 18.2 Å². The van der Waals surface area contributed by atoms with Crippen LogP contribution in [-0.4, -0.2) is 15.0 Å². The van der Waals surface area contributed by atoms with Gasteiger partial charge in [-0.3, -0.25) is 0 Å². The van der Waals surface area contributed by atoms with Gasteiger partial charge in [0.15, 0.2) is 0 Å². The fraction of sp³-hybridized carbons (Fsp3) is 0.261. The van der Waals surface area contributed by atoms with E-state index in [2.05, 4.69) is 124 Å². The zero-order valence-corrected chi connectivity index (χ0v) is 45.2. The number of aromatic nitrogens is 3. The van der Waals surface area contributed by atoms with Gasteiger partial charge in [0.1, 0.15) is 16.7 Å². The van der Waals surface area contributed by atoms with E-state index in [1.165, 1.54) is 113 Å². The van der Waals surface area contributed by atoms with E-state index in [4.69, 9.17) is 13.3 Å². The Kier molecular flexibility index (Phi) is 14.8. The third-order valence-electron chi connectivity index (χ3n) is 16.4. The van der Waals surface area contributed by atoms with Gasteiger partial charge in [-0.2, -0.15) is 0 Å². The smallest absolute Gasteiger partial charge is 0.501 e. The Bertz CT molecular complexity index is 3540. The molecule has 3 saturated carbocycles. The summed E-state index contributed by atoms with van der Waals surface area (Å²) in [4.78, 5) is 13.9. The number of hydrogen-bond donors (Lipinski definition) is 0. The molecule has 0 saturated heterocycles. The van der Waals surface area contributed by atoms with Crippen molar-refractivity contribution < 1.29 is 33.4 Å². The fourth-order valence-corrected chi connectivity index (χ4v) is 12.5. The molecule has 0 spiro atoms. The molecular weight excluding hydrogens is 1110 g/mol. The molecule has 76 heavy (non-hydrogen) atoms. The molecular formula is C69H60IrN3O3. The van der Waals surface area contributed by atoms with Crippen LogP contribution in [0.15, 0.2) is 177 Å². The number of nitrogens with zero attached hydrogens (tertiary/aromatic N) is 3. The maximum atomic E-state index is 6.15. The van der Waals surface area contributed by atoms with Crippen molar-refractivity contribution in [2.45, 2.75) is 114 Å². The number of hydrogen-bond acceptors (Lipinski definition) is 6. The third-order valence-corrected chi connectivity index (χ3v) is 16.4. The number of benzene rings is 6. The van der Waals surface area contributed by atoms with Gasteiger partial charge in [-0.05, 0) is 110 Å². The summed E-state index contributed by atoms with van der Waals surface area (Å²) in [5, 5.41) is 6.85. The van der Waals surface area contributed by atoms with E-state index in [1.54, 1.807) is 0 Å². The SMILES string of the molecule is [Ir+3].[c-]1ccc2c(oc3ccccc32)c1-c1cc(C2CCCCC2)ccn1.[c-]1ccc2c(oc3ccccc32)c1-c1cc(C2CCCCC2)ccn1.[c-]1ccc2c(oc3ccccc32)c1-c1cc(C2CCCCC2)ccn1. The van der Waals surface area contributed by atoms with E-state index in [9.17, 15) is 0 Å². The molecule has 0 N–H and O–H groups in total. The summed E-state index contributed by atoms with van der Waals surface area (Å²) >= 11 is 0. The van der Waals surface area contributed by atoms with Gasteiger partial charge in [0.05, 0.1) is 16.7 Å². The van der Waals surface area contributed by atoms with E-state index < -0.39 is 0 Å². The molecule has 6 aromatic carbocycles. The summed E-state index contributed by atoms with van der Waals surface area (Å²) in [6, 6.07) is 60.1. The van der Waals surface area contributed by atoms with Gasteiger partial charge < -0.3 is 28.2 Å². The second-order valence-electron chi connectivity index (χ2n) is 21.0. The molecule has 0 unspecified atom stereocenters. The molecule has 12 aromatic rings. The van der Waals surface area contributed by atoms with Crippen molar-refractivity contribution in [1.82, 2.24) is 15.0 Å². The van der Waals surface area contributed by atoms with Crippen molar-refractivity contribution in [3.63, 3.8) is 0 Å². The Morgan fingerprint density at radius 2 is 0.618 bits per heavy atom. The normalized spacial score (nSPS) is 15.6. The molecule has 0 aliphatic heterocycles. The first-order valence-electron chi connectivity index (χ1n) is 27.5. The Labute approximate surface area is 458 Å². The monoisotopic (exact) mass is 1170 g/mol. The van der Waals surface area contributed by atoms with Crippen LogP contribution in [0.4, 0.5) is 0 Å². The van der Waals surface area contributed by atoms with E-state index in [-0.39, 0.29) is 20.1 Å². The van der Waals surface area contributed by atoms with Crippen LogP contribution in [-0.2, 0) is 20.1 Å². The van der Waals surface area contributed by atoms with Gasteiger partial charge in [-0.25, -0.2) is 0 Å². The summed E-state index contributed by atoms with van der Waals surface area (Å²) in [6.07, 6.45) is 25.8. The summed E-state index contributed by atoms with van der Waals surface area (Å²) in [5.74, 6) is 2.01. The summed E-state index contributed by atoms with van der Waals surface area (Å²) < 4.78 is 18.5. The molecule has 3 aliphatic carbocycles. The standard InChI is InChI=1S/3C23H20NO.Ir/c3*1-2-7-16(8-3-1)17-13-14-24-21(15-17)20-11-6-10-19-18-9-4-5-12-22(18)25-23(19)20;/h3*4-6,9-10,12-16H,1-3,7-8H2;/q3*-1;+3. The van der Waals surface area contributed by atoms with E-state index in [0.29, 0.717) is 17.8 Å². The van der Waals surface area contributed by atoms with Gasteiger partial charge in [0.2, 0.25) is 0 Å². The zero-order valence-electron chi connectivity index (χ0n) is 42.8. The van der Waals surface area contributed by atoms with Crippen molar-refractivity contribution >= 4 is 65.8 Å². The minimum absolute atomic E-state index is 0. The Morgan fingerprint density at radius 1 is 0.329 bits per heavy atom.